The predicted molar refractivity (Wildman–Crippen MR) is 151 cm³/mol. The molecule has 9 nitrogen and oxygen atoms in total. The number of hydrogen-bond acceptors (Lipinski definition) is 7. The molecule has 40 heavy (non-hydrogen) atoms. The summed E-state index contributed by atoms with van der Waals surface area (Å²) in [6.45, 7) is 5.91. The zero-order valence-electron chi connectivity index (χ0n) is 23.3. The van der Waals surface area contributed by atoms with Gasteiger partial charge in [0.15, 0.2) is 5.82 Å². The summed E-state index contributed by atoms with van der Waals surface area (Å²) in [5.74, 6) is -0.374. The molecule has 4 heterocycles. The number of nitrogens with zero attached hydrogens (tertiary/aromatic N) is 7. The molecule has 0 unspecified atom stereocenters. The van der Waals surface area contributed by atoms with Crippen LogP contribution in [-0.2, 0) is 4.79 Å². The third-order valence-corrected chi connectivity index (χ3v) is 9.06. The molecule has 4 aromatic rings. The molecule has 1 saturated carbocycles. The number of carbonyl (C=O) groups is 1. The van der Waals surface area contributed by atoms with Crippen LogP contribution < -0.4 is 5.32 Å². The average molecular weight is 561 g/mol. The van der Waals surface area contributed by atoms with Gasteiger partial charge in [-0.25, -0.2) is 13.9 Å². The number of likely N-dealkylation sites (N-methyl/N-ethyl adjacent to an activating group) is 1. The van der Waals surface area contributed by atoms with Gasteiger partial charge in [0.05, 0.1) is 35.1 Å². The van der Waals surface area contributed by atoms with Crippen molar-refractivity contribution in [2.75, 3.05) is 14.1 Å². The second kappa shape index (κ2) is 11.0. The van der Waals surface area contributed by atoms with Gasteiger partial charge in [0, 0.05) is 40.2 Å². The average Bonchev–Trinajstić information content (AvgIpc) is 3.53. The molecule has 208 valence electrons. The lowest BCUT2D eigenvalue weighted by atomic mass is 9.90. The smallest absolute Gasteiger partial charge is 0.240 e. The van der Waals surface area contributed by atoms with Crippen molar-refractivity contribution < 1.29 is 9.18 Å². The van der Waals surface area contributed by atoms with Crippen LogP contribution in [0.15, 0.2) is 52.9 Å². The Labute approximate surface area is 237 Å². The number of rotatable bonds is 7. The second-order valence-electron chi connectivity index (χ2n) is 11.0. The molecule has 0 radical (unpaired) electrons. The van der Waals surface area contributed by atoms with Crippen molar-refractivity contribution in [2.24, 2.45) is 0 Å². The number of amides is 1. The molecule has 5 rings (SSSR count). The molecule has 1 aliphatic carbocycles. The number of hydrogen-bond donors (Lipinski definition) is 1. The fraction of sp³-hybridized carbons (Fsp3) is 0.414. The number of fused-ring (bicyclic) bond motifs is 1. The van der Waals surface area contributed by atoms with E-state index >= 15 is 0 Å². The molecule has 0 aliphatic heterocycles. The van der Waals surface area contributed by atoms with Crippen LogP contribution in [0.3, 0.4) is 0 Å². The van der Waals surface area contributed by atoms with E-state index in [0.29, 0.717) is 16.0 Å². The van der Waals surface area contributed by atoms with Gasteiger partial charge in [-0.15, -0.1) is 0 Å². The summed E-state index contributed by atoms with van der Waals surface area (Å²) >= 11 is 1.17. The van der Waals surface area contributed by atoms with E-state index in [9.17, 15) is 14.4 Å². The standard InChI is InChI=1S/C29H33FN8OS/c1-18-23(16-34-38(18)22-10-8-21(9-11-22)35-28(39)29(2,3)36(4)5)19-13-25(40-27-24(30)7-6-12-32-27)26-20(14-31)15-33-37(26)17-19/h6-7,12-13,15-17,21-22H,8-11H2,1-5H3,(H,35,39). The molecule has 1 aliphatic rings. The van der Waals surface area contributed by atoms with Crippen LogP contribution in [0.5, 0.6) is 0 Å². The quantitative estimate of drug-likeness (QED) is 0.339. The zero-order chi connectivity index (χ0) is 28.6. The van der Waals surface area contributed by atoms with Crippen molar-refractivity contribution in [1.82, 2.24) is 34.6 Å². The summed E-state index contributed by atoms with van der Waals surface area (Å²) in [7, 11) is 3.83. The summed E-state index contributed by atoms with van der Waals surface area (Å²) < 4.78 is 18.2. The summed E-state index contributed by atoms with van der Waals surface area (Å²) in [5, 5.41) is 22.2. The first-order valence-corrected chi connectivity index (χ1v) is 14.1. The van der Waals surface area contributed by atoms with Crippen LogP contribution in [0.1, 0.15) is 56.8 Å². The van der Waals surface area contributed by atoms with Crippen LogP contribution in [0, 0.1) is 24.1 Å². The Kier molecular flexibility index (Phi) is 7.66. The molecule has 0 spiro atoms. The molecule has 1 amide bonds. The van der Waals surface area contributed by atoms with E-state index in [1.54, 1.807) is 16.8 Å². The van der Waals surface area contributed by atoms with Crippen molar-refractivity contribution in [3.05, 3.63) is 60.1 Å². The molecule has 0 atom stereocenters. The van der Waals surface area contributed by atoms with E-state index in [1.807, 2.05) is 51.3 Å². The maximum Gasteiger partial charge on any atom is 0.240 e. The number of halogens is 1. The number of pyridine rings is 2. The van der Waals surface area contributed by atoms with Gasteiger partial charge in [0.25, 0.3) is 0 Å². The van der Waals surface area contributed by atoms with Crippen LogP contribution >= 0.6 is 11.8 Å². The number of aromatic nitrogens is 5. The van der Waals surface area contributed by atoms with Crippen molar-refractivity contribution in [2.45, 2.75) is 74.0 Å². The van der Waals surface area contributed by atoms with Crippen LogP contribution in [-0.4, -0.2) is 60.9 Å². The minimum Gasteiger partial charge on any atom is -0.352 e. The Balaban J connectivity index is 1.38. The fourth-order valence-corrected chi connectivity index (χ4v) is 6.02. The summed E-state index contributed by atoms with van der Waals surface area (Å²) in [6.07, 6.45) is 10.4. The third-order valence-electron chi connectivity index (χ3n) is 8.04. The van der Waals surface area contributed by atoms with E-state index in [2.05, 4.69) is 33.1 Å². The lowest BCUT2D eigenvalue weighted by molar-refractivity contribution is -0.131. The van der Waals surface area contributed by atoms with Gasteiger partial charge in [-0.3, -0.25) is 14.4 Å². The topological polar surface area (TPSA) is 104 Å². The molecule has 0 bridgehead atoms. The SMILES string of the molecule is Cc1c(-c2cc(Sc3ncccc3F)c3c(C#N)cnn3c2)cnn1C1CCC(NC(=O)C(C)(C)N(C)C)CC1. The number of nitrogens with one attached hydrogen (secondary N) is 1. The van der Waals surface area contributed by atoms with Crippen LogP contribution in [0.25, 0.3) is 16.6 Å². The Hall–Kier alpha value is -3.75. The van der Waals surface area contributed by atoms with Gasteiger partial charge in [0.1, 0.15) is 11.1 Å². The first kappa shape index (κ1) is 27.8. The molecule has 0 saturated heterocycles. The lowest BCUT2D eigenvalue weighted by Gasteiger charge is -2.35. The highest BCUT2D eigenvalue weighted by atomic mass is 32.2. The zero-order valence-corrected chi connectivity index (χ0v) is 24.2. The van der Waals surface area contributed by atoms with Crippen LogP contribution in [0.2, 0.25) is 0 Å². The highest BCUT2D eigenvalue weighted by Gasteiger charge is 2.33. The second-order valence-corrected chi connectivity index (χ2v) is 12.0. The highest BCUT2D eigenvalue weighted by molar-refractivity contribution is 7.99. The van der Waals surface area contributed by atoms with Crippen molar-refractivity contribution in [3.63, 3.8) is 0 Å². The maximum absolute atomic E-state index is 14.5. The van der Waals surface area contributed by atoms with Gasteiger partial charge in [-0.05, 0) is 78.7 Å². The normalized spacial score (nSPS) is 17.8. The first-order valence-electron chi connectivity index (χ1n) is 13.3. The Morgan fingerprint density at radius 3 is 2.65 bits per heavy atom. The van der Waals surface area contributed by atoms with E-state index in [4.69, 9.17) is 5.10 Å². The highest BCUT2D eigenvalue weighted by Crippen LogP contribution is 2.38. The Morgan fingerprint density at radius 2 is 1.98 bits per heavy atom. The Morgan fingerprint density at radius 1 is 1.23 bits per heavy atom. The minimum absolute atomic E-state index is 0.0475. The minimum atomic E-state index is -0.562. The largest absolute Gasteiger partial charge is 0.352 e. The summed E-state index contributed by atoms with van der Waals surface area (Å²) in [6, 6.07) is 7.44. The maximum atomic E-state index is 14.5. The Bertz CT molecular complexity index is 1590. The van der Waals surface area contributed by atoms with Crippen molar-refractivity contribution >= 4 is 23.2 Å². The predicted octanol–water partition coefficient (Wildman–Crippen LogP) is 5.00. The van der Waals surface area contributed by atoms with Gasteiger partial charge in [0.2, 0.25) is 5.91 Å². The van der Waals surface area contributed by atoms with Gasteiger partial charge >= 0.3 is 0 Å². The molecule has 0 aromatic carbocycles. The van der Waals surface area contributed by atoms with Gasteiger partial charge in [-0.2, -0.15) is 15.5 Å². The molecular weight excluding hydrogens is 527 g/mol. The lowest BCUT2D eigenvalue weighted by Crippen LogP contribution is -2.54. The van der Waals surface area contributed by atoms with Gasteiger partial charge in [-0.1, -0.05) is 11.8 Å². The molecule has 1 fully saturated rings. The van der Waals surface area contributed by atoms with Crippen LogP contribution in [0.4, 0.5) is 4.39 Å². The first-order chi connectivity index (χ1) is 19.1. The number of nitriles is 1. The van der Waals surface area contributed by atoms with E-state index in [-0.39, 0.29) is 23.0 Å². The molecule has 4 aromatic heterocycles. The summed E-state index contributed by atoms with van der Waals surface area (Å²) in [5.41, 5.74) is 3.30. The van der Waals surface area contributed by atoms with Crippen molar-refractivity contribution in [3.8, 4) is 17.2 Å². The monoisotopic (exact) mass is 560 g/mol. The molecular formula is C29H33FN8OS. The number of carbonyl (C=O) groups excluding carboxylic acids is 1. The van der Waals surface area contributed by atoms with E-state index in [0.717, 1.165) is 42.5 Å². The van der Waals surface area contributed by atoms with E-state index < -0.39 is 11.4 Å². The van der Waals surface area contributed by atoms with E-state index in [1.165, 1.54) is 24.0 Å². The summed E-state index contributed by atoms with van der Waals surface area (Å²) in [4.78, 5) is 19.6. The third kappa shape index (κ3) is 5.21. The van der Waals surface area contributed by atoms with Crippen molar-refractivity contribution in [1.29, 1.82) is 5.26 Å². The fourth-order valence-electron chi connectivity index (χ4n) is 5.05. The molecule has 1 N–H and O–H groups in total. The molecule has 11 heteroatoms. The van der Waals surface area contributed by atoms with Gasteiger partial charge < -0.3 is 5.32 Å².